The molecule has 1 aliphatic heterocycles. The lowest BCUT2D eigenvalue weighted by atomic mass is 10.2. The fraction of sp³-hybridized carbons (Fsp3) is 0.273. The Morgan fingerprint density at radius 2 is 1.84 bits per heavy atom. The van der Waals surface area contributed by atoms with Crippen molar-refractivity contribution in [1.82, 2.24) is 14.9 Å². The van der Waals surface area contributed by atoms with Crippen LogP contribution in [-0.2, 0) is 11.2 Å². The lowest BCUT2D eigenvalue weighted by Crippen LogP contribution is -2.50. The van der Waals surface area contributed by atoms with Gasteiger partial charge in [-0.05, 0) is 36.4 Å². The molecule has 3 heterocycles. The van der Waals surface area contributed by atoms with E-state index in [2.05, 4.69) is 25.5 Å². The van der Waals surface area contributed by atoms with Crippen molar-refractivity contribution < 1.29 is 14.3 Å². The number of piperazine rings is 1. The molecule has 2 aromatic heterocycles. The van der Waals surface area contributed by atoms with Gasteiger partial charge < -0.3 is 19.9 Å². The van der Waals surface area contributed by atoms with E-state index in [-0.39, 0.29) is 18.4 Å². The van der Waals surface area contributed by atoms with Gasteiger partial charge in [0.25, 0.3) is 0 Å². The highest BCUT2D eigenvalue weighted by molar-refractivity contribution is 7.13. The Labute approximate surface area is 190 Å². The van der Waals surface area contributed by atoms with Crippen LogP contribution in [0.4, 0.5) is 21.4 Å². The van der Waals surface area contributed by atoms with Crippen LogP contribution >= 0.6 is 11.3 Å². The standard InChI is InChI=1S/C22H24N6O3S/c1-31-18-7-5-16(6-8-18)24-20(29)14-17-15-32-21(25-17)26-22(30)28-12-10-27(11-13-28)19-4-2-3-9-23-19/h2-9,15H,10-14H2,1H3,(H,24,29)(H,25,26,30). The number of urea groups is 1. The minimum absolute atomic E-state index is 0.126. The number of hydrogen-bond acceptors (Lipinski definition) is 7. The van der Waals surface area contributed by atoms with Gasteiger partial charge in [0.05, 0.1) is 19.2 Å². The van der Waals surface area contributed by atoms with Gasteiger partial charge in [0.1, 0.15) is 11.6 Å². The zero-order chi connectivity index (χ0) is 22.3. The number of rotatable bonds is 6. The van der Waals surface area contributed by atoms with Crippen molar-refractivity contribution in [2.24, 2.45) is 0 Å². The van der Waals surface area contributed by atoms with Crippen LogP contribution in [0.1, 0.15) is 5.69 Å². The molecular weight excluding hydrogens is 428 g/mol. The van der Waals surface area contributed by atoms with Crippen molar-refractivity contribution >= 4 is 39.9 Å². The maximum atomic E-state index is 12.6. The van der Waals surface area contributed by atoms with Crippen molar-refractivity contribution in [3.05, 3.63) is 59.7 Å². The van der Waals surface area contributed by atoms with Crippen LogP contribution in [0.15, 0.2) is 54.0 Å². The molecule has 1 fully saturated rings. The van der Waals surface area contributed by atoms with Crippen LogP contribution in [0.5, 0.6) is 5.75 Å². The number of hydrogen-bond donors (Lipinski definition) is 2. The summed E-state index contributed by atoms with van der Waals surface area (Å²) in [4.78, 5) is 37.5. The number of carbonyl (C=O) groups excluding carboxylic acids is 2. The van der Waals surface area contributed by atoms with Crippen molar-refractivity contribution in [2.75, 3.05) is 48.8 Å². The Kier molecular flexibility index (Phi) is 6.81. The highest BCUT2D eigenvalue weighted by Crippen LogP contribution is 2.19. The Hall–Kier alpha value is -3.66. The first-order chi connectivity index (χ1) is 15.6. The normalized spacial score (nSPS) is 13.5. The fourth-order valence-electron chi connectivity index (χ4n) is 3.34. The summed E-state index contributed by atoms with van der Waals surface area (Å²) in [5.41, 5.74) is 1.29. The average Bonchev–Trinajstić information content (AvgIpc) is 3.26. The number of amides is 3. The lowest BCUT2D eigenvalue weighted by Gasteiger charge is -2.35. The van der Waals surface area contributed by atoms with Crippen LogP contribution in [0.25, 0.3) is 0 Å². The number of nitrogens with one attached hydrogen (secondary N) is 2. The first kappa shape index (κ1) is 21.6. The molecule has 9 nitrogen and oxygen atoms in total. The predicted molar refractivity (Wildman–Crippen MR) is 124 cm³/mol. The van der Waals surface area contributed by atoms with E-state index in [9.17, 15) is 9.59 Å². The summed E-state index contributed by atoms with van der Waals surface area (Å²) >= 11 is 1.31. The van der Waals surface area contributed by atoms with E-state index in [1.807, 2.05) is 18.2 Å². The third-order valence-electron chi connectivity index (χ3n) is 5.02. The second kappa shape index (κ2) is 10.1. The molecule has 0 unspecified atom stereocenters. The van der Waals surface area contributed by atoms with Gasteiger partial charge >= 0.3 is 6.03 Å². The van der Waals surface area contributed by atoms with E-state index in [0.29, 0.717) is 29.6 Å². The molecule has 32 heavy (non-hydrogen) atoms. The lowest BCUT2D eigenvalue weighted by molar-refractivity contribution is -0.115. The largest absolute Gasteiger partial charge is 0.497 e. The van der Waals surface area contributed by atoms with Gasteiger partial charge in [-0.15, -0.1) is 11.3 Å². The second-order valence-corrected chi connectivity index (χ2v) is 8.05. The van der Waals surface area contributed by atoms with Gasteiger partial charge in [-0.25, -0.2) is 14.8 Å². The van der Waals surface area contributed by atoms with Gasteiger partial charge in [0, 0.05) is 43.4 Å². The van der Waals surface area contributed by atoms with E-state index in [4.69, 9.17) is 4.74 Å². The minimum atomic E-state index is -0.186. The number of ether oxygens (including phenoxy) is 1. The predicted octanol–water partition coefficient (Wildman–Crippen LogP) is 3.08. The number of benzene rings is 1. The summed E-state index contributed by atoms with van der Waals surface area (Å²) < 4.78 is 5.11. The number of methoxy groups -OCH3 is 1. The van der Waals surface area contributed by atoms with E-state index in [1.54, 1.807) is 47.9 Å². The minimum Gasteiger partial charge on any atom is -0.497 e. The van der Waals surface area contributed by atoms with Crippen LogP contribution in [0.2, 0.25) is 0 Å². The third-order valence-corrected chi connectivity index (χ3v) is 5.83. The highest BCUT2D eigenvalue weighted by atomic mass is 32.1. The highest BCUT2D eigenvalue weighted by Gasteiger charge is 2.22. The number of anilines is 3. The molecule has 4 rings (SSSR count). The SMILES string of the molecule is COc1ccc(NC(=O)Cc2csc(NC(=O)N3CCN(c4ccccn4)CC3)n2)cc1. The van der Waals surface area contributed by atoms with Crippen LogP contribution in [0.3, 0.4) is 0 Å². The molecule has 3 aromatic rings. The molecule has 0 bridgehead atoms. The van der Waals surface area contributed by atoms with E-state index in [1.165, 1.54) is 11.3 Å². The molecule has 0 atom stereocenters. The summed E-state index contributed by atoms with van der Waals surface area (Å²) in [6.45, 7) is 2.65. The van der Waals surface area contributed by atoms with Gasteiger partial charge in [-0.3, -0.25) is 10.1 Å². The van der Waals surface area contributed by atoms with Gasteiger partial charge in [0.15, 0.2) is 5.13 Å². The summed E-state index contributed by atoms with van der Waals surface area (Å²) in [7, 11) is 1.59. The monoisotopic (exact) mass is 452 g/mol. The quantitative estimate of drug-likeness (QED) is 0.596. The number of carbonyl (C=O) groups is 2. The number of pyridine rings is 1. The summed E-state index contributed by atoms with van der Waals surface area (Å²) in [5.74, 6) is 1.47. The molecule has 0 spiro atoms. The molecule has 2 N–H and O–H groups in total. The smallest absolute Gasteiger partial charge is 0.323 e. The van der Waals surface area contributed by atoms with Crippen molar-refractivity contribution in [2.45, 2.75) is 6.42 Å². The van der Waals surface area contributed by atoms with E-state index < -0.39 is 0 Å². The number of nitrogens with zero attached hydrogens (tertiary/aromatic N) is 4. The molecule has 10 heteroatoms. The topological polar surface area (TPSA) is 99.7 Å². The van der Waals surface area contributed by atoms with Crippen LogP contribution in [0, 0.1) is 0 Å². The van der Waals surface area contributed by atoms with Crippen molar-refractivity contribution in [3.63, 3.8) is 0 Å². The Morgan fingerprint density at radius 1 is 1.06 bits per heavy atom. The zero-order valence-corrected chi connectivity index (χ0v) is 18.5. The zero-order valence-electron chi connectivity index (χ0n) is 17.7. The molecule has 1 saturated heterocycles. The second-order valence-electron chi connectivity index (χ2n) is 7.19. The molecular formula is C22H24N6O3S. The maximum absolute atomic E-state index is 12.6. The molecule has 0 radical (unpaired) electrons. The van der Waals surface area contributed by atoms with Crippen molar-refractivity contribution in [1.29, 1.82) is 0 Å². The number of aromatic nitrogens is 2. The molecule has 0 aliphatic carbocycles. The Bertz CT molecular complexity index is 1050. The molecule has 3 amide bonds. The Balaban J connectivity index is 1.24. The molecule has 1 aliphatic rings. The van der Waals surface area contributed by atoms with Crippen LogP contribution in [-0.4, -0.2) is 60.1 Å². The van der Waals surface area contributed by atoms with Crippen molar-refractivity contribution in [3.8, 4) is 5.75 Å². The summed E-state index contributed by atoms with van der Waals surface area (Å²) in [5, 5.41) is 7.92. The van der Waals surface area contributed by atoms with E-state index >= 15 is 0 Å². The molecule has 1 aromatic carbocycles. The van der Waals surface area contributed by atoms with Gasteiger partial charge in [0.2, 0.25) is 5.91 Å². The third kappa shape index (κ3) is 5.52. The Morgan fingerprint density at radius 3 is 2.53 bits per heavy atom. The average molecular weight is 453 g/mol. The molecule has 0 saturated carbocycles. The van der Waals surface area contributed by atoms with Crippen LogP contribution < -0.4 is 20.3 Å². The first-order valence-corrected chi connectivity index (χ1v) is 11.1. The number of thiazole rings is 1. The summed E-state index contributed by atoms with van der Waals surface area (Å²) in [6, 6.07) is 12.7. The fourth-order valence-corrected chi connectivity index (χ4v) is 4.04. The van der Waals surface area contributed by atoms with Gasteiger partial charge in [-0.2, -0.15) is 0 Å². The first-order valence-electron chi connectivity index (χ1n) is 10.2. The molecule has 166 valence electrons. The van der Waals surface area contributed by atoms with E-state index in [0.717, 1.165) is 24.7 Å². The maximum Gasteiger partial charge on any atom is 0.323 e. The summed E-state index contributed by atoms with van der Waals surface area (Å²) in [6.07, 6.45) is 1.90. The van der Waals surface area contributed by atoms with Gasteiger partial charge in [-0.1, -0.05) is 6.07 Å².